The molecule has 2 rings (SSSR count). The molecule has 0 radical (unpaired) electrons. The van der Waals surface area contributed by atoms with Gasteiger partial charge in [0.25, 0.3) is 0 Å². The summed E-state index contributed by atoms with van der Waals surface area (Å²) in [7, 11) is 1.90. The highest BCUT2D eigenvalue weighted by atomic mass is 32.2. The Labute approximate surface area is 122 Å². The maximum absolute atomic E-state index is 8.61. The second-order valence-corrected chi connectivity index (χ2v) is 5.20. The van der Waals surface area contributed by atoms with Crippen molar-refractivity contribution in [3.05, 3.63) is 42.2 Å². The molecule has 4 nitrogen and oxygen atoms in total. The summed E-state index contributed by atoms with van der Waals surface area (Å²) in [5.74, 6) is 7.15. The van der Waals surface area contributed by atoms with Crippen LogP contribution in [-0.4, -0.2) is 33.9 Å². The van der Waals surface area contributed by atoms with Gasteiger partial charge in [-0.1, -0.05) is 11.8 Å². The van der Waals surface area contributed by atoms with E-state index in [2.05, 4.69) is 16.9 Å². The largest absolute Gasteiger partial charge is 0.493 e. The molecule has 1 heterocycles. The minimum atomic E-state index is -0.121. The van der Waals surface area contributed by atoms with Gasteiger partial charge in [-0.2, -0.15) is 5.10 Å². The molecular formula is C15H16N2O2S. The zero-order valence-electron chi connectivity index (χ0n) is 11.2. The zero-order valence-corrected chi connectivity index (χ0v) is 12.1. The van der Waals surface area contributed by atoms with E-state index in [4.69, 9.17) is 9.84 Å². The smallest absolute Gasteiger partial charge is 0.119 e. The van der Waals surface area contributed by atoms with Crippen LogP contribution in [0.3, 0.4) is 0 Å². The summed E-state index contributed by atoms with van der Waals surface area (Å²) in [6.45, 7) is 0.519. The maximum Gasteiger partial charge on any atom is 0.119 e. The van der Waals surface area contributed by atoms with Crippen molar-refractivity contribution >= 4 is 11.8 Å². The van der Waals surface area contributed by atoms with Gasteiger partial charge in [0.2, 0.25) is 0 Å². The van der Waals surface area contributed by atoms with Crippen LogP contribution in [0.5, 0.6) is 5.75 Å². The van der Waals surface area contributed by atoms with E-state index in [1.807, 2.05) is 43.7 Å². The predicted octanol–water partition coefficient (Wildman–Crippen LogP) is 1.94. The van der Waals surface area contributed by atoms with Crippen LogP contribution in [0.15, 0.2) is 41.6 Å². The molecule has 1 aromatic heterocycles. The quantitative estimate of drug-likeness (QED) is 0.519. The van der Waals surface area contributed by atoms with Crippen LogP contribution in [0.25, 0.3) is 0 Å². The van der Waals surface area contributed by atoms with Crippen LogP contribution in [0, 0.1) is 11.8 Å². The van der Waals surface area contributed by atoms with Gasteiger partial charge in [-0.3, -0.25) is 4.68 Å². The third-order valence-electron chi connectivity index (χ3n) is 2.47. The molecule has 0 fully saturated rings. The first-order valence-electron chi connectivity index (χ1n) is 6.22. The number of aryl methyl sites for hydroxylation is 1. The Morgan fingerprint density at radius 1 is 1.35 bits per heavy atom. The molecule has 0 unspecified atom stereocenters. The Kier molecular flexibility index (Phi) is 5.54. The molecule has 0 atom stereocenters. The number of aliphatic hydroxyl groups is 1. The van der Waals surface area contributed by atoms with Gasteiger partial charge in [-0.05, 0) is 24.3 Å². The molecule has 2 aromatic rings. The molecule has 0 spiro atoms. The molecule has 5 heteroatoms. The van der Waals surface area contributed by atoms with Crippen molar-refractivity contribution in [3.8, 4) is 17.6 Å². The SMILES string of the molecule is Cn1cc(SCCOc2ccc(C#CCO)cc2)cn1. The predicted molar refractivity (Wildman–Crippen MR) is 79.8 cm³/mol. The van der Waals surface area contributed by atoms with Crippen LogP contribution in [-0.2, 0) is 7.05 Å². The van der Waals surface area contributed by atoms with Gasteiger partial charge in [0, 0.05) is 29.5 Å². The van der Waals surface area contributed by atoms with Gasteiger partial charge in [-0.25, -0.2) is 0 Å². The van der Waals surface area contributed by atoms with Gasteiger partial charge in [-0.15, -0.1) is 11.8 Å². The van der Waals surface area contributed by atoms with Crippen molar-refractivity contribution in [2.75, 3.05) is 19.0 Å². The second-order valence-electron chi connectivity index (χ2n) is 4.03. The van der Waals surface area contributed by atoms with Crippen LogP contribution >= 0.6 is 11.8 Å². The minimum Gasteiger partial charge on any atom is -0.493 e. The third-order valence-corrected chi connectivity index (χ3v) is 3.38. The van der Waals surface area contributed by atoms with E-state index >= 15 is 0 Å². The zero-order chi connectivity index (χ0) is 14.2. The topological polar surface area (TPSA) is 47.3 Å². The fourth-order valence-corrected chi connectivity index (χ4v) is 2.32. The summed E-state index contributed by atoms with van der Waals surface area (Å²) >= 11 is 1.72. The normalized spacial score (nSPS) is 9.90. The summed E-state index contributed by atoms with van der Waals surface area (Å²) in [6.07, 6.45) is 3.83. The lowest BCUT2D eigenvalue weighted by Crippen LogP contribution is -1.99. The van der Waals surface area contributed by atoms with E-state index in [1.54, 1.807) is 16.4 Å². The molecule has 0 saturated heterocycles. The van der Waals surface area contributed by atoms with Gasteiger partial charge in [0.1, 0.15) is 12.4 Å². The first-order chi connectivity index (χ1) is 9.78. The number of nitrogens with zero attached hydrogens (tertiary/aromatic N) is 2. The number of benzene rings is 1. The number of aliphatic hydroxyl groups excluding tert-OH is 1. The number of ether oxygens (including phenoxy) is 1. The number of hydrogen-bond donors (Lipinski definition) is 1. The average molecular weight is 288 g/mol. The van der Waals surface area contributed by atoms with E-state index in [-0.39, 0.29) is 6.61 Å². The van der Waals surface area contributed by atoms with Crippen molar-refractivity contribution in [2.24, 2.45) is 7.05 Å². The highest BCUT2D eigenvalue weighted by Gasteiger charge is 1.98. The van der Waals surface area contributed by atoms with Crippen LogP contribution in [0.1, 0.15) is 5.56 Å². The van der Waals surface area contributed by atoms with E-state index in [0.717, 1.165) is 22.0 Å². The number of hydrogen-bond acceptors (Lipinski definition) is 4. The molecule has 1 N–H and O–H groups in total. The highest BCUT2D eigenvalue weighted by Crippen LogP contribution is 2.17. The molecule has 1 aromatic carbocycles. The van der Waals surface area contributed by atoms with Crippen molar-refractivity contribution in [1.29, 1.82) is 0 Å². The summed E-state index contributed by atoms with van der Waals surface area (Å²) in [6, 6.07) is 7.53. The number of aromatic nitrogens is 2. The van der Waals surface area contributed by atoms with Gasteiger partial charge < -0.3 is 9.84 Å². The van der Waals surface area contributed by atoms with E-state index in [9.17, 15) is 0 Å². The summed E-state index contributed by atoms with van der Waals surface area (Å²) in [4.78, 5) is 1.14. The van der Waals surface area contributed by atoms with Crippen molar-refractivity contribution in [3.63, 3.8) is 0 Å². The Bertz CT molecular complexity index is 596. The molecule has 0 saturated carbocycles. The monoisotopic (exact) mass is 288 g/mol. The number of rotatable bonds is 5. The van der Waals surface area contributed by atoms with Crippen LogP contribution in [0.2, 0.25) is 0 Å². The summed E-state index contributed by atoms with van der Waals surface area (Å²) < 4.78 is 7.44. The fraction of sp³-hybridized carbons (Fsp3) is 0.267. The lowest BCUT2D eigenvalue weighted by molar-refractivity contribution is 0.344. The average Bonchev–Trinajstić information content (AvgIpc) is 2.88. The lowest BCUT2D eigenvalue weighted by Gasteiger charge is -2.05. The molecule has 0 aliphatic heterocycles. The standard InChI is InChI=1S/C15H16N2O2S/c1-17-12-15(11-16-17)20-10-9-19-14-6-4-13(5-7-14)3-2-8-18/h4-7,11-12,18H,8-10H2,1H3. The van der Waals surface area contributed by atoms with Crippen LogP contribution < -0.4 is 4.74 Å². The van der Waals surface area contributed by atoms with Gasteiger partial charge >= 0.3 is 0 Å². The Hall–Kier alpha value is -1.90. The van der Waals surface area contributed by atoms with E-state index < -0.39 is 0 Å². The van der Waals surface area contributed by atoms with Crippen molar-refractivity contribution in [1.82, 2.24) is 9.78 Å². The summed E-state index contributed by atoms with van der Waals surface area (Å²) in [5, 5.41) is 12.7. The minimum absolute atomic E-state index is 0.121. The van der Waals surface area contributed by atoms with Crippen molar-refractivity contribution < 1.29 is 9.84 Å². The van der Waals surface area contributed by atoms with Crippen molar-refractivity contribution in [2.45, 2.75) is 4.90 Å². The Balaban J connectivity index is 1.74. The van der Waals surface area contributed by atoms with E-state index in [0.29, 0.717) is 6.61 Å². The summed E-state index contributed by atoms with van der Waals surface area (Å²) in [5.41, 5.74) is 0.871. The molecule has 104 valence electrons. The van der Waals surface area contributed by atoms with Crippen LogP contribution in [0.4, 0.5) is 0 Å². The maximum atomic E-state index is 8.61. The Morgan fingerprint density at radius 3 is 2.80 bits per heavy atom. The molecule has 0 bridgehead atoms. The molecular weight excluding hydrogens is 272 g/mol. The molecule has 20 heavy (non-hydrogen) atoms. The third kappa shape index (κ3) is 4.65. The molecule has 0 aliphatic carbocycles. The first-order valence-corrected chi connectivity index (χ1v) is 7.20. The lowest BCUT2D eigenvalue weighted by atomic mass is 10.2. The highest BCUT2D eigenvalue weighted by molar-refractivity contribution is 7.99. The van der Waals surface area contributed by atoms with E-state index in [1.165, 1.54) is 0 Å². The second kappa shape index (κ2) is 7.63. The first kappa shape index (κ1) is 14.5. The Morgan fingerprint density at radius 2 is 2.15 bits per heavy atom. The van der Waals surface area contributed by atoms with Gasteiger partial charge in [0.15, 0.2) is 0 Å². The molecule has 0 amide bonds. The number of thioether (sulfide) groups is 1. The fourth-order valence-electron chi connectivity index (χ4n) is 1.57. The van der Waals surface area contributed by atoms with Gasteiger partial charge in [0.05, 0.1) is 12.8 Å². The molecule has 0 aliphatic rings.